The lowest BCUT2D eigenvalue weighted by molar-refractivity contribution is 0.651. The average Bonchev–Trinajstić information content (AvgIpc) is 4.02. The van der Waals surface area contributed by atoms with Crippen LogP contribution in [0.1, 0.15) is 0 Å². The van der Waals surface area contributed by atoms with E-state index in [1.165, 1.54) is 49.2 Å². The molecular formula is C52H30N4O. The van der Waals surface area contributed by atoms with Gasteiger partial charge in [-0.1, -0.05) is 146 Å². The third kappa shape index (κ3) is 4.23. The van der Waals surface area contributed by atoms with Crippen molar-refractivity contribution < 1.29 is 4.42 Å². The van der Waals surface area contributed by atoms with Gasteiger partial charge in [-0.15, -0.1) is 0 Å². The molecule has 5 heteroatoms. The molecule has 0 saturated carbocycles. The van der Waals surface area contributed by atoms with E-state index in [0.717, 1.165) is 60.5 Å². The highest BCUT2D eigenvalue weighted by atomic mass is 16.3. The third-order valence-corrected chi connectivity index (χ3v) is 11.9. The molecule has 13 rings (SSSR count). The zero-order valence-corrected chi connectivity index (χ0v) is 30.5. The van der Waals surface area contributed by atoms with Gasteiger partial charge >= 0.3 is 0 Å². The number of fused-ring (bicyclic) bond motifs is 13. The number of nitrogens with zero attached hydrogens (tertiary/aromatic N) is 4. The standard InChI is InChI=1S/C52H30N4O/c1-3-13-31(14-4-1)33-23-25-34(26-24-33)48-46-38-19-9-12-22-45(38)57-51(46)54-52(53-48)56-44-28-27-35(32-15-5-2-6-16-32)29-39(44)41-30-40-36-17-7-10-20-42(36)55-43-21-11-8-18-37(43)47(49(40)55)50(41)56/h1-30H. The van der Waals surface area contributed by atoms with Crippen molar-refractivity contribution in [3.05, 3.63) is 182 Å². The van der Waals surface area contributed by atoms with Crippen molar-refractivity contribution in [2.45, 2.75) is 0 Å². The van der Waals surface area contributed by atoms with E-state index in [1.807, 2.05) is 24.3 Å². The van der Waals surface area contributed by atoms with Gasteiger partial charge in [0, 0.05) is 43.3 Å². The largest absolute Gasteiger partial charge is 0.437 e. The van der Waals surface area contributed by atoms with E-state index in [9.17, 15) is 0 Å². The summed E-state index contributed by atoms with van der Waals surface area (Å²) in [6, 6.07) is 64.7. The molecule has 0 amide bonds. The topological polar surface area (TPSA) is 48.3 Å². The Kier molecular flexibility index (Phi) is 6.10. The summed E-state index contributed by atoms with van der Waals surface area (Å²) in [6.45, 7) is 0. The van der Waals surface area contributed by atoms with Crippen molar-refractivity contribution >= 4 is 82.0 Å². The maximum absolute atomic E-state index is 6.61. The van der Waals surface area contributed by atoms with Gasteiger partial charge in [-0.25, -0.2) is 4.98 Å². The average molecular weight is 727 g/mol. The summed E-state index contributed by atoms with van der Waals surface area (Å²) in [5.41, 5.74) is 13.6. The lowest BCUT2D eigenvalue weighted by atomic mass is 10.0. The molecule has 5 nitrogen and oxygen atoms in total. The maximum Gasteiger partial charge on any atom is 0.238 e. The van der Waals surface area contributed by atoms with Gasteiger partial charge in [0.05, 0.1) is 38.7 Å². The molecule has 0 saturated heterocycles. The second-order valence-electron chi connectivity index (χ2n) is 14.9. The van der Waals surface area contributed by atoms with Crippen LogP contribution in [0.25, 0.3) is 121 Å². The summed E-state index contributed by atoms with van der Waals surface area (Å²) < 4.78 is 11.3. The van der Waals surface area contributed by atoms with Crippen LogP contribution in [-0.2, 0) is 0 Å². The molecule has 0 radical (unpaired) electrons. The van der Waals surface area contributed by atoms with Crippen LogP contribution < -0.4 is 0 Å². The van der Waals surface area contributed by atoms with Crippen LogP contribution in [0.2, 0.25) is 0 Å². The Labute approximate surface area is 325 Å². The Bertz CT molecular complexity index is 3730. The molecule has 0 aliphatic heterocycles. The van der Waals surface area contributed by atoms with Crippen molar-refractivity contribution in [3.8, 4) is 39.5 Å². The molecule has 5 heterocycles. The molecule has 264 valence electrons. The first-order chi connectivity index (χ1) is 28.3. The zero-order chi connectivity index (χ0) is 37.2. The fourth-order valence-electron chi connectivity index (χ4n) is 9.40. The maximum atomic E-state index is 6.61. The number of benzene rings is 8. The van der Waals surface area contributed by atoms with Crippen molar-refractivity contribution in [3.63, 3.8) is 0 Å². The van der Waals surface area contributed by atoms with Crippen LogP contribution in [0.5, 0.6) is 0 Å². The van der Waals surface area contributed by atoms with Crippen molar-refractivity contribution in [1.29, 1.82) is 0 Å². The smallest absolute Gasteiger partial charge is 0.238 e. The Morgan fingerprint density at radius 1 is 0.368 bits per heavy atom. The highest BCUT2D eigenvalue weighted by Crippen LogP contribution is 2.47. The van der Waals surface area contributed by atoms with Crippen LogP contribution in [0, 0.1) is 0 Å². The lowest BCUT2D eigenvalue weighted by Gasteiger charge is -2.11. The first-order valence-corrected chi connectivity index (χ1v) is 19.3. The Hall–Kier alpha value is -7.76. The summed E-state index contributed by atoms with van der Waals surface area (Å²) in [5, 5.41) is 9.07. The first kappa shape index (κ1) is 30.6. The lowest BCUT2D eigenvalue weighted by Crippen LogP contribution is -2.03. The molecular weight excluding hydrogens is 697 g/mol. The fourth-order valence-corrected chi connectivity index (χ4v) is 9.40. The summed E-state index contributed by atoms with van der Waals surface area (Å²) in [5.74, 6) is 0.568. The van der Waals surface area contributed by atoms with E-state index < -0.39 is 0 Å². The number of aromatic nitrogens is 4. The number of furan rings is 1. The van der Waals surface area contributed by atoms with Gasteiger partial charge in [0.25, 0.3) is 0 Å². The van der Waals surface area contributed by atoms with Crippen LogP contribution in [0.3, 0.4) is 0 Å². The Morgan fingerprint density at radius 2 is 0.947 bits per heavy atom. The molecule has 8 aromatic carbocycles. The van der Waals surface area contributed by atoms with Crippen LogP contribution >= 0.6 is 0 Å². The normalized spacial score (nSPS) is 12.2. The molecule has 13 aromatic rings. The molecule has 0 N–H and O–H groups in total. The van der Waals surface area contributed by atoms with E-state index in [0.29, 0.717) is 11.7 Å². The fraction of sp³-hybridized carbons (Fsp3) is 0. The monoisotopic (exact) mass is 726 g/mol. The van der Waals surface area contributed by atoms with E-state index in [4.69, 9.17) is 14.4 Å². The molecule has 0 aliphatic rings. The Morgan fingerprint density at radius 3 is 1.72 bits per heavy atom. The number of rotatable bonds is 4. The third-order valence-electron chi connectivity index (χ3n) is 11.9. The first-order valence-electron chi connectivity index (χ1n) is 19.3. The van der Waals surface area contributed by atoms with Gasteiger partial charge in [-0.05, 0) is 58.7 Å². The number of hydrogen-bond donors (Lipinski definition) is 0. The quantitative estimate of drug-likeness (QED) is 0.181. The zero-order valence-electron chi connectivity index (χ0n) is 30.5. The predicted octanol–water partition coefficient (Wildman–Crippen LogP) is 13.6. The second kappa shape index (κ2) is 11.4. The van der Waals surface area contributed by atoms with Gasteiger partial charge in [0.2, 0.25) is 11.7 Å². The van der Waals surface area contributed by atoms with E-state index in [2.05, 4.69) is 167 Å². The van der Waals surface area contributed by atoms with Gasteiger partial charge in [-0.2, -0.15) is 4.98 Å². The van der Waals surface area contributed by atoms with Crippen LogP contribution in [0.15, 0.2) is 186 Å². The molecule has 5 aromatic heterocycles. The molecule has 0 atom stereocenters. The molecule has 0 unspecified atom stereocenters. The highest BCUT2D eigenvalue weighted by Gasteiger charge is 2.27. The minimum atomic E-state index is 0.561. The molecule has 0 spiro atoms. The Balaban J connectivity index is 1.19. The minimum absolute atomic E-state index is 0.561. The highest BCUT2D eigenvalue weighted by molar-refractivity contribution is 6.34. The molecule has 57 heavy (non-hydrogen) atoms. The van der Waals surface area contributed by atoms with E-state index in [-0.39, 0.29) is 0 Å². The minimum Gasteiger partial charge on any atom is -0.437 e. The van der Waals surface area contributed by atoms with Crippen molar-refractivity contribution in [1.82, 2.24) is 18.9 Å². The summed E-state index contributed by atoms with van der Waals surface area (Å²) >= 11 is 0. The summed E-state index contributed by atoms with van der Waals surface area (Å²) in [7, 11) is 0. The molecule has 0 aliphatic carbocycles. The number of hydrogen-bond acceptors (Lipinski definition) is 3. The summed E-state index contributed by atoms with van der Waals surface area (Å²) in [4.78, 5) is 10.9. The van der Waals surface area contributed by atoms with Gasteiger partial charge in [-0.3, -0.25) is 4.57 Å². The predicted molar refractivity (Wildman–Crippen MR) is 235 cm³/mol. The molecule has 0 fully saturated rings. The van der Waals surface area contributed by atoms with Gasteiger partial charge < -0.3 is 8.82 Å². The van der Waals surface area contributed by atoms with Gasteiger partial charge in [0.15, 0.2) is 0 Å². The molecule has 0 bridgehead atoms. The van der Waals surface area contributed by atoms with Crippen LogP contribution in [0.4, 0.5) is 0 Å². The van der Waals surface area contributed by atoms with E-state index >= 15 is 0 Å². The van der Waals surface area contributed by atoms with Crippen molar-refractivity contribution in [2.24, 2.45) is 0 Å². The SMILES string of the molecule is c1ccc(-c2ccc(-c3nc(-n4c5ccc(-c6ccccc6)cc5c5cc6c7ccccc7n7c8ccccc8c(c54)c67)nc4oc5ccccc5c34)cc2)cc1. The van der Waals surface area contributed by atoms with Gasteiger partial charge in [0.1, 0.15) is 5.58 Å². The van der Waals surface area contributed by atoms with E-state index in [1.54, 1.807) is 0 Å². The number of para-hydroxylation sites is 3. The summed E-state index contributed by atoms with van der Waals surface area (Å²) in [6.07, 6.45) is 0. The van der Waals surface area contributed by atoms with Crippen LogP contribution in [-0.4, -0.2) is 18.9 Å². The van der Waals surface area contributed by atoms with Crippen molar-refractivity contribution in [2.75, 3.05) is 0 Å². The second-order valence-corrected chi connectivity index (χ2v) is 14.9.